The van der Waals surface area contributed by atoms with Crippen molar-refractivity contribution in [1.29, 1.82) is 0 Å². The summed E-state index contributed by atoms with van der Waals surface area (Å²) >= 11 is 6.14. The number of non-ortho nitro benzene ring substituents is 1. The van der Waals surface area contributed by atoms with Crippen molar-refractivity contribution >= 4 is 28.9 Å². The van der Waals surface area contributed by atoms with Gasteiger partial charge >= 0.3 is 5.97 Å². The van der Waals surface area contributed by atoms with Gasteiger partial charge in [-0.3, -0.25) is 10.1 Å². The Morgan fingerprint density at radius 1 is 1.19 bits per heavy atom. The Bertz CT molecular complexity index is 554. The first-order valence-corrected chi connectivity index (χ1v) is 7.34. The van der Waals surface area contributed by atoms with Crippen LogP contribution in [0.1, 0.15) is 42.5 Å². The maximum absolute atomic E-state index is 11.4. The molecule has 2 rings (SSSR count). The predicted molar refractivity (Wildman–Crippen MR) is 80.4 cm³/mol. The fraction of sp³-hybridized carbons (Fsp3) is 0.500. The number of nitro benzene ring substituents is 1. The molecule has 21 heavy (non-hydrogen) atoms. The van der Waals surface area contributed by atoms with Crippen molar-refractivity contribution in [3.63, 3.8) is 0 Å². The maximum Gasteiger partial charge on any atom is 0.338 e. The molecule has 1 aliphatic rings. The van der Waals surface area contributed by atoms with Crippen molar-refractivity contribution in [3.8, 4) is 0 Å². The van der Waals surface area contributed by atoms with E-state index >= 15 is 0 Å². The Labute approximate surface area is 127 Å². The zero-order chi connectivity index (χ0) is 15.4. The minimum Gasteiger partial charge on any atom is -0.478 e. The van der Waals surface area contributed by atoms with E-state index in [1.807, 2.05) is 4.90 Å². The quantitative estimate of drug-likeness (QED) is 0.679. The molecule has 0 unspecified atom stereocenters. The van der Waals surface area contributed by atoms with Crippen LogP contribution >= 0.6 is 11.6 Å². The van der Waals surface area contributed by atoms with E-state index in [1.54, 1.807) is 0 Å². The van der Waals surface area contributed by atoms with Gasteiger partial charge in [-0.1, -0.05) is 30.9 Å². The van der Waals surface area contributed by atoms with Crippen molar-refractivity contribution < 1.29 is 14.8 Å². The first-order valence-electron chi connectivity index (χ1n) is 6.97. The number of rotatable bonds is 3. The van der Waals surface area contributed by atoms with Crippen LogP contribution in [0.5, 0.6) is 0 Å². The van der Waals surface area contributed by atoms with Crippen LogP contribution in [0.4, 0.5) is 11.4 Å². The van der Waals surface area contributed by atoms with E-state index < -0.39 is 10.9 Å². The van der Waals surface area contributed by atoms with Crippen molar-refractivity contribution in [3.05, 3.63) is 32.8 Å². The maximum atomic E-state index is 11.4. The van der Waals surface area contributed by atoms with Gasteiger partial charge < -0.3 is 10.0 Å². The average Bonchev–Trinajstić information content (AvgIpc) is 2.38. The van der Waals surface area contributed by atoms with Gasteiger partial charge in [-0.25, -0.2) is 4.79 Å². The highest BCUT2D eigenvalue weighted by Gasteiger charge is 2.24. The number of anilines is 1. The van der Waals surface area contributed by atoms with Crippen molar-refractivity contribution in [1.82, 2.24) is 0 Å². The van der Waals surface area contributed by atoms with E-state index in [1.165, 1.54) is 12.5 Å². The number of benzene rings is 1. The minimum absolute atomic E-state index is 0.102. The van der Waals surface area contributed by atoms with Gasteiger partial charge in [0.15, 0.2) is 0 Å². The molecule has 1 N–H and O–H groups in total. The lowest BCUT2D eigenvalue weighted by Crippen LogP contribution is -2.29. The molecule has 1 saturated heterocycles. The molecule has 114 valence electrons. The van der Waals surface area contributed by atoms with E-state index in [0.29, 0.717) is 5.69 Å². The largest absolute Gasteiger partial charge is 0.478 e. The lowest BCUT2D eigenvalue weighted by Gasteiger charge is -2.28. The van der Waals surface area contributed by atoms with Gasteiger partial charge in [-0.2, -0.15) is 0 Å². The Hall–Kier alpha value is -1.82. The molecule has 1 fully saturated rings. The highest BCUT2D eigenvalue weighted by molar-refractivity contribution is 6.34. The molecule has 0 saturated carbocycles. The van der Waals surface area contributed by atoms with E-state index in [9.17, 15) is 20.0 Å². The van der Waals surface area contributed by atoms with Crippen LogP contribution in [0, 0.1) is 10.1 Å². The number of halogens is 1. The van der Waals surface area contributed by atoms with Gasteiger partial charge in [0.05, 0.1) is 21.2 Å². The zero-order valence-electron chi connectivity index (χ0n) is 11.5. The van der Waals surface area contributed by atoms with Crippen LogP contribution in [-0.2, 0) is 0 Å². The van der Waals surface area contributed by atoms with Gasteiger partial charge in [-0.05, 0) is 12.8 Å². The van der Waals surface area contributed by atoms with Crippen LogP contribution in [0.25, 0.3) is 0 Å². The van der Waals surface area contributed by atoms with Crippen molar-refractivity contribution in [2.24, 2.45) is 0 Å². The third-order valence-electron chi connectivity index (χ3n) is 3.66. The van der Waals surface area contributed by atoms with Gasteiger partial charge in [0.2, 0.25) is 0 Å². The molecule has 1 aliphatic heterocycles. The molecule has 6 nitrogen and oxygen atoms in total. The molecular formula is C14H17ClN2O4. The predicted octanol–water partition coefficient (Wildman–Crippen LogP) is 3.72. The SMILES string of the molecule is O=C(O)c1cc([N+](=O)[O-])cc(Cl)c1N1CCCCCCC1. The van der Waals surface area contributed by atoms with Gasteiger partial charge in [-0.15, -0.1) is 0 Å². The summed E-state index contributed by atoms with van der Waals surface area (Å²) in [6, 6.07) is 2.31. The van der Waals surface area contributed by atoms with Crippen molar-refractivity contribution in [2.75, 3.05) is 18.0 Å². The monoisotopic (exact) mass is 312 g/mol. The number of carboxylic acid groups (broad SMARTS) is 1. The minimum atomic E-state index is -1.20. The number of aromatic carboxylic acids is 1. The summed E-state index contributed by atoms with van der Waals surface area (Å²) in [6.45, 7) is 1.44. The smallest absolute Gasteiger partial charge is 0.338 e. The second-order valence-electron chi connectivity index (χ2n) is 5.14. The first kappa shape index (κ1) is 15.6. The molecule has 7 heteroatoms. The third kappa shape index (κ3) is 3.64. The van der Waals surface area contributed by atoms with Crippen LogP contribution in [0.2, 0.25) is 5.02 Å². The number of hydrogen-bond donors (Lipinski definition) is 1. The molecule has 0 spiro atoms. The summed E-state index contributed by atoms with van der Waals surface area (Å²) in [7, 11) is 0. The summed E-state index contributed by atoms with van der Waals surface area (Å²) in [4.78, 5) is 23.6. The Kier molecular flexibility index (Phi) is 5.01. The van der Waals surface area contributed by atoms with Gasteiger partial charge in [0.25, 0.3) is 5.69 Å². The van der Waals surface area contributed by atoms with E-state index in [-0.39, 0.29) is 16.3 Å². The number of nitro groups is 1. The second-order valence-corrected chi connectivity index (χ2v) is 5.55. The lowest BCUT2D eigenvalue weighted by molar-refractivity contribution is -0.384. The standard InChI is InChI=1S/C14H17ClN2O4/c15-12-9-10(17(20)21)8-11(14(18)19)13(12)16-6-4-2-1-3-5-7-16/h8-9H,1-7H2,(H,18,19). The fourth-order valence-electron chi connectivity index (χ4n) is 2.65. The highest BCUT2D eigenvalue weighted by atomic mass is 35.5. The summed E-state index contributed by atoms with van der Waals surface area (Å²) in [5, 5.41) is 20.3. The van der Waals surface area contributed by atoms with Crippen LogP contribution in [-0.4, -0.2) is 29.1 Å². The third-order valence-corrected chi connectivity index (χ3v) is 3.95. The molecule has 0 aromatic heterocycles. The summed E-state index contributed by atoms with van der Waals surface area (Å²) < 4.78 is 0. The number of carboxylic acids is 1. The first-order chi connectivity index (χ1) is 10.0. The average molecular weight is 313 g/mol. The van der Waals surface area contributed by atoms with Crippen LogP contribution < -0.4 is 4.90 Å². The molecule has 0 radical (unpaired) electrons. The van der Waals surface area contributed by atoms with Crippen LogP contribution in [0.3, 0.4) is 0 Å². The molecule has 0 amide bonds. The Balaban J connectivity index is 2.45. The Morgan fingerprint density at radius 2 is 1.76 bits per heavy atom. The second kappa shape index (κ2) is 6.76. The zero-order valence-corrected chi connectivity index (χ0v) is 12.3. The molecule has 1 aromatic carbocycles. The molecule has 0 atom stereocenters. The summed E-state index contributed by atoms with van der Waals surface area (Å²) in [6.07, 6.45) is 5.32. The topological polar surface area (TPSA) is 83.7 Å². The van der Waals surface area contributed by atoms with E-state index in [4.69, 9.17) is 11.6 Å². The molecular weight excluding hydrogens is 296 g/mol. The van der Waals surface area contributed by atoms with E-state index in [0.717, 1.165) is 44.8 Å². The normalized spacial score (nSPS) is 16.1. The summed E-state index contributed by atoms with van der Waals surface area (Å²) in [5.74, 6) is -1.20. The summed E-state index contributed by atoms with van der Waals surface area (Å²) in [5.41, 5.74) is -0.000339. The van der Waals surface area contributed by atoms with Crippen molar-refractivity contribution in [2.45, 2.75) is 32.1 Å². The Morgan fingerprint density at radius 3 is 2.29 bits per heavy atom. The number of nitrogens with zero attached hydrogens (tertiary/aromatic N) is 2. The lowest BCUT2D eigenvalue weighted by atomic mass is 10.1. The van der Waals surface area contributed by atoms with E-state index in [2.05, 4.69) is 0 Å². The molecule has 1 aromatic rings. The van der Waals surface area contributed by atoms with Crippen LogP contribution in [0.15, 0.2) is 12.1 Å². The fourth-order valence-corrected chi connectivity index (χ4v) is 2.98. The number of carbonyl (C=O) groups is 1. The number of hydrogen-bond acceptors (Lipinski definition) is 4. The van der Waals surface area contributed by atoms with Gasteiger partial charge in [0, 0.05) is 25.2 Å². The highest BCUT2D eigenvalue weighted by Crippen LogP contribution is 2.35. The van der Waals surface area contributed by atoms with Gasteiger partial charge in [0.1, 0.15) is 0 Å². The molecule has 1 heterocycles. The molecule has 0 bridgehead atoms. The molecule has 0 aliphatic carbocycles.